The molecule has 10 nitrogen and oxygen atoms in total. The van der Waals surface area contributed by atoms with Crippen LogP contribution in [-0.4, -0.2) is 46.9 Å². The van der Waals surface area contributed by atoms with Gasteiger partial charge in [0.05, 0.1) is 28.1 Å². The molecule has 0 aliphatic heterocycles. The Morgan fingerprint density at radius 2 is 1.94 bits per heavy atom. The zero-order chi connectivity index (χ0) is 24.2. The summed E-state index contributed by atoms with van der Waals surface area (Å²) in [6.45, 7) is 5.63. The van der Waals surface area contributed by atoms with Crippen molar-refractivity contribution < 1.29 is 23.9 Å². The van der Waals surface area contributed by atoms with E-state index in [1.165, 1.54) is 30.5 Å². The van der Waals surface area contributed by atoms with Crippen LogP contribution in [0.25, 0.3) is 10.9 Å². The molecule has 0 aliphatic carbocycles. The van der Waals surface area contributed by atoms with Crippen LogP contribution >= 0.6 is 15.9 Å². The van der Waals surface area contributed by atoms with E-state index in [9.17, 15) is 14.9 Å². The summed E-state index contributed by atoms with van der Waals surface area (Å²) in [6, 6.07) is 9.73. The van der Waals surface area contributed by atoms with Crippen LogP contribution in [0.15, 0.2) is 47.2 Å². The van der Waals surface area contributed by atoms with E-state index >= 15 is 0 Å². The normalized spacial score (nSPS) is 11.3. The van der Waals surface area contributed by atoms with Crippen LogP contribution in [0.2, 0.25) is 0 Å². The minimum absolute atomic E-state index is 0.0421. The molecular formula is C22H23BrN4O6. The summed E-state index contributed by atoms with van der Waals surface area (Å²) in [6.07, 6.45) is 0.585. The molecule has 0 bridgehead atoms. The predicted molar refractivity (Wildman–Crippen MR) is 126 cm³/mol. The zero-order valence-corrected chi connectivity index (χ0v) is 20.2. The molecule has 0 saturated heterocycles. The molecule has 1 heterocycles. The number of anilines is 2. The van der Waals surface area contributed by atoms with Crippen LogP contribution in [0.4, 0.5) is 22.0 Å². The number of halogens is 1. The number of nitrogens with zero attached hydrogens (tertiary/aromatic N) is 4. The quantitative estimate of drug-likeness (QED) is 0.232. The lowest BCUT2D eigenvalue weighted by Crippen LogP contribution is -2.34. The van der Waals surface area contributed by atoms with Crippen LogP contribution in [0, 0.1) is 10.1 Å². The molecule has 1 aromatic heterocycles. The Kier molecular flexibility index (Phi) is 7.44. The van der Waals surface area contributed by atoms with Crippen LogP contribution in [0.3, 0.4) is 0 Å². The van der Waals surface area contributed by atoms with Gasteiger partial charge < -0.3 is 14.2 Å². The summed E-state index contributed by atoms with van der Waals surface area (Å²) in [5.74, 6) is 0.180. The van der Waals surface area contributed by atoms with Gasteiger partial charge in [-0.3, -0.25) is 10.1 Å². The molecule has 0 spiro atoms. The Bertz CT molecular complexity index is 1180. The molecule has 11 heteroatoms. The number of methoxy groups -OCH3 is 1. The number of nitro benzene ring substituents is 1. The lowest BCUT2D eigenvalue weighted by Gasteiger charge is -2.27. The van der Waals surface area contributed by atoms with E-state index in [1.807, 2.05) is 6.07 Å². The van der Waals surface area contributed by atoms with Crippen LogP contribution in [-0.2, 0) is 9.47 Å². The fourth-order valence-corrected chi connectivity index (χ4v) is 3.35. The number of aromatic nitrogens is 2. The van der Waals surface area contributed by atoms with Crippen LogP contribution in [0.1, 0.15) is 20.8 Å². The number of carbonyl (C=O) groups excluding carboxylic acids is 1. The number of amides is 1. The van der Waals surface area contributed by atoms with Crippen LogP contribution in [0.5, 0.6) is 5.75 Å². The Labute approximate surface area is 198 Å². The highest BCUT2D eigenvalue weighted by atomic mass is 79.9. The standard InChI is InChI=1S/C22H23BrN4O6/c1-22(2,3)33-21(28)26(15-7-5-6-14(23)10-15)20-16-11-18(27(29)30)19(32-9-8-31-4)12-17(16)24-13-25-20/h5-7,10-13H,8-9H2,1-4H3. The first-order chi connectivity index (χ1) is 15.6. The average molecular weight is 519 g/mol. The summed E-state index contributed by atoms with van der Waals surface area (Å²) in [7, 11) is 1.50. The largest absolute Gasteiger partial charge is 0.484 e. The second-order valence-electron chi connectivity index (χ2n) is 7.93. The van der Waals surface area contributed by atoms with Gasteiger partial charge in [-0.15, -0.1) is 0 Å². The second-order valence-corrected chi connectivity index (χ2v) is 8.84. The SMILES string of the molecule is COCCOc1cc2ncnc(N(C(=O)OC(C)(C)C)c3cccc(Br)c3)c2cc1[N+](=O)[O-]. The molecule has 0 unspecified atom stereocenters. The van der Waals surface area contributed by atoms with Crippen molar-refractivity contribution in [3.8, 4) is 5.75 Å². The molecule has 0 radical (unpaired) electrons. The number of hydrogen-bond donors (Lipinski definition) is 0. The van der Waals surface area contributed by atoms with Gasteiger partial charge in [-0.2, -0.15) is 0 Å². The highest BCUT2D eigenvalue weighted by Gasteiger charge is 2.29. The molecule has 0 aliphatic rings. The van der Waals surface area contributed by atoms with Crippen molar-refractivity contribution in [1.29, 1.82) is 0 Å². The Hall–Kier alpha value is -3.31. The molecule has 1 amide bonds. The Balaban J connectivity index is 2.21. The van der Waals surface area contributed by atoms with E-state index in [1.54, 1.807) is 39.0 Å². The third-order valence-electron chi connectivity index (χ3n) is 4.29. The van der Waals surface area contributed by atoms with E-state index < -0.39 is 16.6 Å². The number of ether oxygens (including phenoxy) is 3. The number of nitro groups is 1. The lowest BCUT2D eigenvalue weighted by atomic mass is 10.1. The third kappa shape index (κ3) is 5.93. The number of fused-ring (bicyclic) bond motifs is 1. The highest BCUT2D eigenvalue weighted by Crippen LogP contribution is 2.38. The zero-order valence-electron chi connectivity index (χ0n) is 18.6. The first-order valence-corrected chi connectivity index (χ1v) is 10.7. The van der Waals surface area contributed by atoms with Gasteiger partial charge in [0.15, 0.2) is 11.6 Å². The van der Waals surface area contributed by atoms with Gasteiger partial charge in [0, 0.05) is 23.7 Å². The molecular weight excluding hydrogens is 496 g/mol. The summed E-state index contributed by atoms with van der Waals surface area (Å²) in [4.78, 5) is 34.2. The van der Waals surface area contributed by atoms with E-state index in [-0.39, 0.29) is 35.9 Å². The number of hydrogen-bond acceptors (Lipinski definition) is 8. The molecule has 0 atom stereocenters. The van der Waals surface area contributed by atoms with Gasteiger partial charge in [-0.25, -0.2) is 19.7 Å². The van der Waals surface area contributed by atoms with Crippen molar-refractivity contribution in [3.05, 3.63) is 57.3 Å². The van der Waals surface area contributed by atoms with E-state index in [2.05, 4.69) is 25.9 Å². The van der Waals surface area contributed by atoms with Crippen molar-refractivity contribution in [2.45, 2.75) is 26.4 Å². The van der Waals surface area contributed by atoms with E-state index in [4.69, 9.17) is 14.2 Å². The number of carbonyl (C=O) groups is 1. The van der Waals surface area contributed by atoms with Crippen molar-refractivity contribution in [3.63, 3.8) is 0 Å². The fraction of sp³-hybridized carbons (Fsp3) is 0.318. The van der Waals surface area contributed by atoms with Crippen molar-refractivity contribution >= 4 is 50.1 Å². The van der Waals surface area contributed by atoms with Gasteiger partial charge in [0.2, 0.25) is 0 Å². The number of rotatable bonds is 7. The molecule has 174 valence electrons. The molecule has 33 heavy (non-hydrogen) atoms. The molecule has 3 aromatic rings. The van der Waals surface area contributed by atoms with Crippen molar-refractivity contribution in [1.82, 2.24) is 9.97 Å². The van der Waals surface area contributed by atoms with Crippen LogP contribution < -0.4 is 9.64 Å². The first-order valence-electron chi connectivity index (χ1n) is 9.94. The maximum atomic E-state index is 13.2. The topological polar surface area (TPSA) is 117 Å². The fourth-order valence-electron chi connectivity index (χ4n) is 2.97. The first kappa shape index (κ1) is 24.3. The Morgan fingerprint density at radius 1 is 1.18 bits per heavy atom. The highest BCUT2D eigenvalue weighted by molar-refractivity contribution is 9.10. The average Bonchev–Trinajstić information content (AvgIpc) is 2.72. The van der Waals surface area contributed by atoms with Gasteiger partial charge in [-0.05, 0) is 39.0 Å². The summed E-state index contributed by atoms with van der Waals surface area (Å²) < 4.78 is 16.8. The minimum Gasteiger partial charge on any atom is -0.484 e. The third-order valence-corrected chi connectivity index (χ3v) is 4.78. The van der Waals surface area contributed by atoms with E-state index in [0.717, 1.165) is 4.47 Å². The van der Waals surface area contributed by atoms with Gasteiger partial charge in [-0.1, -0.05) is 22.0 Å². The molecule has 3 rings (SSSR count). The molecule has 0 saturated carbocycles. The monoisotopic (exact) mass is 518 g/mol. The smallest absolute Gasteiger partial charge is 0.420 e. The molecule has 0 fully saturated rings. The number of benzene rings is 2. The van der Waals surface area contributed by atoms with Crippen molar-refractivity contribution in [2.24, 2.45) is 0 Å². The maximum absolute atomic E-state index is 13.2. The molecule has 2 aromatic carbocycles. The minimum atomic E-state index is -0.779. The van der Waals surface area contributed by atoms with Gasteiger partial charge in [0.25, 0.3) is 0 Å². The second kappa shape index (κ2) is 10.1. The maximum Gasteiger partial charge on any atom is 0.420 e. The van der Waals surface area contributed by atoms with Crippen molar-refractivity contribution in [2.75, 3.05) is 25.2 Å². The lowest BCUT2D eigenvalue weighted by molar-refractivity contribution is -0.385. The summed E-state index contributed by atoms with van der Waals surface area (Å²) in [5.41, 5.74) is -0.241. The summed E-state index contributed by atoms with van der Waals surface area (Å²) in [5, 5.41) is 12.0. The molecule has 0 N–H and O–H groups in total. The van der Waals surface area contributed by atoms with Gasteiger partial charge in [0.1, 0.15) is 18.5 Å². The van der Waals surface area contributed by atoms with Gasteiger partial charge >= 0.3 is 11.8 Å². The Morgan fingerprint density at radius 3 is 2.58 bits per heavy atom. The van der Waals surface area contributed by atoms with E-state index in [0.29, 0.717) is 11.2 Å². The summed E-state index contributed by atoms with van der Waals surface area (Å²) >= 11 is 3.41. The predicted octanol–water partition coefficient (Wildman–Crippen LogP) is 5.40.